The molecule has 2 N–H and O–H groups in total. The minimum absolute atomic E-state index is 0.217. The average Bonchev–Trinajstić information content (AvgIpc) is 3.40. The van der Waals surface area contributed by atoms with Crippen LogP contribution in [0.1, 0.15) is 81.2 Å². The van der Waals surface area contributed by atoms with Crippen molar-refractivity contribution in [3.05, 3.63) is 117 Å². The predicted octanol–water partition coefficient (Wildman–Crippen LogP) is 7.26. The molecule has 1 atom stereocenters. The Morgan fingerprint density at radius 2 is 1.54 bits per heavy atom. The molecule has 7 heteroatoms. The molecule has 0 aliphatic heterocycles. The van der Waals surface area contributed by atoms with Crippen LogP contribution < -0.4 is 5.32 Å². The summed E-state index contributed by atoms with van der Waals surface area (Å²) in [6.07, 6.45) is 13.3. The van der Waals surface area contributed by atoms with Crippen molar-refractivity contribution < 1.29 is 23.9 Å². The standard InChI is InChI=1S/C25H28N2O2.C14H14O3/c1-17-20(22-7-3-4-8-24(22)27-17)14-15-26-23-9-5-6-19-16-18(10-12-21(19)23)11-13-25(28)29-2;1-17-14(16)8-6-10-5-7-12-11(9-10)3-2-4-13(12)15/h3-4,7-8,10-13,16,23,26-27H,5-6,9,14-15H2,1-2H3;5-9H,2-4H2,1H3/b13-11+;8-6+. The molecule has 0 fully saturated rings. The van der Waals surface area contributed by atoms with Crippen molar-refractivity contribution in [2.75, 3.05) is 20.8 Å². The zero-order valence-corrected chi connectivity index (χ0v) is 26.9. The first kappa shape index (κ1) is 32.6. The van der Waals surface area contributed by atoms with Crippen molar-refractivity contribution >= 4 is 40.8 Å². The van der Waals surface area contributed by atoms with Gasteiger partial charge in [-0.2, -0.15) is 0 Å². The molecule has 1 aromatic heterocycles. The van der Waals surface area contributed by atoms with Crippen molar-refractivity contribution in [3.63, 3.8) is 0 Å². The summed E-state index contributed by atoms with van der Waals surface area (Å²) in [5.74, 6) is -0.483. The number of Topliss-reactive ketones (excluding diaryl/α,β-unsaturated/α-hetero) is 1. The number of nitrogens with one attached hydrogen (secondary N) is 2. The quantitative estimate of drug-likeness (QED) is 0.159. The third-order valence-electron chi connectivity index (χ3n) is 8.78. The molecular formula is C39H42N2O5. The van der Waals surface area contributed by atoms with E-state index >= 15 is 0 Å². The molecule has 238 valence electrons. The highest BCUT2D eigenvalue weighted by Crippen LogP contribution is 2.31. The van der Waals surface area contributed by atoms with Gasteiger partial charge in [0.2, 0.25) is 0 Å². The second-order valence-corrected chi connectivity index (χ2v) is 11.8. The Balaban J connectivity index is 0.000000209. The zero-order chi connectivity index (χ0) is 32.5. The second-order valence-electron chi connectivity index (χ2n) is 11.8. The highest BCUT2D eigenvalue weighted by atomic mass is 16.5. The average molecular weight is 619 g/mol. The number of methoxy groups -OCH3 is 2. The molecule has 1 unspecified atom stereocenters. The maximum absolute atomic E-state index is 11.6. The van der Waals surface area contributed by atoms with Crippen molar-refractivity contribution in [3.8, 4) is 0 Å². The van der Waals surface area contributed by atoms with Crippen LogP contribution in [0.15, 0.2) is 72.8 Å². The normalized spacial score (nSPS) is 15.7. The van der Waals surface area contributed by atoms with Gasteiger partial charge in [-0.05, 0) is 104 Å². The number of hydrogen-bond donors (Lipinski definition) is 2. The first-order chi connectivity index (χ1) is 22.4. The summed E-state index contributed by atoms with van der Waals surface area (Å²) < 4.78 is 9.20. The predicted molar refractivity (Wildman–Crippen MR) is 183 cm³/mol. The molecule has 2 aliphatic carbocycles. The van der Waals surface area contributed by atoms with E-state index in [1.807, 2.05) is 24.3 Å². The number of fused-ring (bicyclic) bond motifs is 3. The van der Waals surface area contributed by atoms with Gasteiger partial charge in [-0.3, -0.25) is 4.79 Å². The van der Waals surface area contributed by atoms with Gasteiger partial charge in [-0.15, -0.1) is 0 Å². The molecule has 0 saturated carbocycles. The number of para-hydroxylation sites is 1. The van der Waals surface area contributed by atoms with E-state index in [1.165, 1.54) is 66.1 Å². The zero-order valence-electron chi connectivity index (χ0n) is 26.9. The topological polar surface area (TPSA) is 97.5 Å². The summed E-state index contributed by atoms with van der Waals surface area (Å²) in [6, 6.07) is 21.1. The summed E-state index contributed by atoms with van der Waals surface area (Å²) in [5.41, 5.74) is 10.5. The van der Waals surface area contributed by atoms with Crippen molar-refractivity contribution in [1.29, 1.82) is 0 Å². The van der Waals surface area contributed by atoms with E-state index in [4.69, 9.17) is 0 Å². The highest BCUT2D eigenvalue weighted by Gasteiger charge is 2.20. The van der Waals surface area contributed by atoms with E-state index in [9.17, 15) is 14.4 Å². The van der Waals surface area contributed by atoms with Crippen molar-refractivity contribution in [1.82, 2.24) is 10.3 Å². The molecule has 0 radical (unpaired) electrons. The number of carbonyl (C=O) groups excluding carboxylic acids is 3. The number of benzene rings is 3. The molecule has 0 saturated heterocycles. The lowest BCUT2D eigenvalue weighted by atomic mass is 9.86. The van der Waals surface area contributed by atoms with Gasteiger partial charge in [0.15, 0.2) is 5.78 Å². The first-order valence-corrected chi connectivity index (χ1v) is 16.0. The Kier molecular flexibility index (Phi) is 11.0. The monoisotopic (exact) mass is 618 g/mol. The molecule has 2 aliphatic rings. The molecule has 6 rings (SSSR count). The van der Waals surface area contributed by atoms with Gasteiger partial charge in [0.25, 0.3) is 0 Å². The maximum atomic E-state index is 11.6. The van der Waals surface area contributed by atoms with Crippen LogP contribution in [0.2, 0.25) is 0 Å². The maximum Gasteiger partial charge on any atom is 0.330 e. The summed E-state index contributed by atoms with van der Waals surface area (Å²) in [5, 5.41) is 5.11. The van der Waals surface area contributed by atoms with Gasteiger partial charge in [0.05, 0.1) is 14.2 Å². The third kappa shape index (κ3) is 8.09. The second kappa shape index (κ2) is 15.5. The number of carbonyl (C=O) groups is 3. The molecule has 46 heavy (non-hydrogen) atoms. The van der Waals surface area contributed by atoms with Crippen LogP contribution in [0.5, 0.6) is 0 Å². The van der Waals surface area contributed by atoms with Crippen molar-refractivity contribution in [2.24, 2.45) is 0 Å². The van der Waals surface area contributed by atoms with Crippen LogP contribution in [0.4, 0.5) is 0 Å². The van der Waals surface area contributed by atoms with Crippen LogP contribution in [-0.4, -0.2) is 43.5 Å². The number of ketones is 1. The fourth-order valence-corrected chi connectivity index (χ4v) is 6.41. The number of aromatic amines is 1. The SMILES string of the molecule is COC(=O)/C=C/c1ccc2c(c1)CCCC2=O.COC(=O)/C=C/c1ccc2c(c1)CCCC2NCCc1c(C)[nH]c2ccccc12. The Labute approximate surface area is 270 Å². The number of ether oxygens (including phenoxy) is 2. The lowest BCUT2D eigenvalue weighted by molar-refractivity contribution is -0.135. The minimum Gasteiger partial charge on any atom is -0.466 e. The summed E-state index contributed by atoms with van der Waals surface area (Å²) in [4.78, 5) is 37.4. The van der Waals surface area contributed by atoms with E-state index in [0.29, 0.717) is 12.5 Å². The van der Waals surface area contributed by atoms with Crippen LogP contribution in [-0.2, 0) is 38.3 Å². The van der Waals surface area contributed by atoms with Gasteiger partial charge >= 0.3 is 11.9 Å². The smallest absolute Gasteiger partial charge is 0.330 e. The molecule has 0 spiro atoms. The Morgan fingerprint density at radius 1 is 0.870 bits per heavy atom. The fraction of sp³-hybridized carbons (Fsp3) is 0.308. The summed E-state index contributed by atoms with van der Waals surface area (Å²) in [6.45, 7) is 3.12. The number of aryl methyl sites for hydroxylation is 3. The fourth-order valence-electron chi connectivity index (χ4n) is 6.41. The molecule has 0 amide bonds. The molecule has 3 aromatic carbocycles. The van der Waals surface area contributed by atoms with E-state index < -0.39 is 0 Å². The van der Waals surface area contributed by atoms with Crippen LogP contribution >= 0.6 is 0 Å². The lowest BCUT2D eigenvalue weighted by Crippen LogP contribution is -2.27. The van der Waals surface area contributed by atoms with Gasteiger partial charge in [-0.25, -0.2) is 9.59 Å². The number of rotatable bonds is 8. The van der Waals surface area contributed by atoms with E-state index in [1.54, 1.807) is 6.08 Å². The Hall–Kier alpha value is -4.75. The first-order valence-electron chi connectivity index (χ1n) is 16.0. The number of H-pyrrole nitrogens is 1. The minimum atomic E-state index is -0.376. The lowest BCUT2D eigenvalue weighted by Gasteiger charge is -2.27. The Morgan fingerprint density at radius 3 is 2.28 bits per heavy atom. The van der Waals surface area contributed by atoms with Gasteiger partial charge in [-0.1, -0.05) is 54.6 Å². The number of hydrogen-bond acceptors (Lipinski definition) is 6. The van der Waals surface area contributed by atoms with Crippen molar-refractivity contribution in [2.45, 2.75) is 57.9 Å². The Bertz CT molecular complexity index is 1780. The molecule has 0 bridgehead atoms. The van der Waals surface area contributed by atoms with Crippen LogP contribution in [0.3, 0.4) is 0 Å². The number of aromatic nitrogens is 1. The van der Waals surface area contributed by atoms with Crippen LogP contribution in [0, 0.1) is 6.92 Å². The third-order valence-corrected chi connectivity index (χ3v) is 8.78. The van der Waals surface area contributed by atoms with E-state index in [0.717, 1.165) is 60.9 Å². The molecular weight excluding hydrogens is 576 g/mol. The summed E-state index contributed by atoms with van der Waals surface area (Å²) in [7, 11) is 2.74. The summed E-state index contributed by atoms with van der Waals surface area (Å²) >= 11 is 0. The van der Waals surface area contributed by atoms with Gasteiger partial charge in [0.1, 0.15) is 0 Å². The largest absolute Gasteiger partial charge is 0.466 e. The van der Waals surface area contributed by atoms with Gasteiger partial charge in [0, 0.05) is 46.8 Å². The van der Waals surface area contributed by atoms with Crippen LogP contribution in [0.25, 0.3) is 23.1 Å². The highest BCUT2D eigenvalue weighted by molar-refractivity contribution is 5.98. The van der Waals surface area contributed by atoms with E-state index in [-0.39, 0.29) is 17.7 Å². The van der Waals surface area contributed by atoms with Gasteiger partial charge < -0.3 is 19.8 Å². The molecule has 1 heterocycles. The molecule has 4 aromatic rings. The number of esters is 2. The van der Waals surface area contributed by atoms with E-state index in [2.05, 4.69) is 69.2 Å². The molecule has 7 nitrogen and oxygen atoms in total.